The highest BCUT2D eigenvalue weighted by molar-refractivity contribution is 5.97. The van der Waals surface area contributed by atoms with E-state index < -0.39 is 11.0 Å². The number of hydrogen-bond acceptors (Lipinski definition) is 6. The molecule has 2 aliphatic heterocycles. The van der Waals surface area contributed by atoms with Crippen molar-refractivity contribution >= 4 is 28.5 Å². The molecule has 2 bridgehead atoms. The van der Waals surface area contributed by atoms with E-state index in [1.165, 1.54) is 12.8 Å². The molecule has 0 unspecified atom stereocenters. The van der Waals surface area contributed by atoms with Gasteiger partial charge >= 0.3 is 0 Å². The first-order valence-corrected chi connectivity index (χ1v) is 16.3. The third-order valence-corrected chi connectivity index (χ3v) is 10.1. The molecule has 6 heterocycles. The predicted molar refractivity (Wildman–Crippen MR) is 174 cm³/mol. The molecule has 4 aromatic heterocycles. The molecule has 1 saturated carbocycles. The van der Waals surface area contributed by atoms with Gasteiger partial charge in [0.25, 0.3) is 5.91 Å². The Morgan fingerprint density at radius 1 is 1.04 bits per heavy atom. The third-order valence-electron chi connectivity index (χ3n) is 10.1. The molecule has 10 nitrogen and oxygen atoms in total. The molecular weight excluding hydrogens is 566 g/mol. The normalized spacial score (nSPS) is 21.7. The molecule has 3 atom stereocenters. The molecule has 3 aliphatic rings. The molecule has 7 rings (SSSR count). The van der Waals surface area contributed by atoms with Crippen molar-refractivity contribution in [2.75, 3.05) is 7.11 Å². The number of aryl methyl sites for hydroxylation is 1. The maximum Gasteiger partial charge on any atom is 0.254 e. The number of fused-ring (bicyclic) bond motifs is 4. The number of ether oxygens (including phenoxy) is 1. The van der Waals surface area contributed by atoms with Gasteiger partial charge < -0.3 is 25.3 Å². The largest absolute Gasteiger partial charge is 0.482 e. The van der Waals surface area contributed by atoms with Crippen LogP contribution in [-0.4, -0.2) is 60.9 Å². The van der Waals surface area contributed by atoms with Crippen molar-refractivity contribution < 1.29 is 14.3 Å². The van der Waals surface area contributed by atoms with E-state index in [-0.39, 0.29) is 29.9 Å². The monoisotopic (exact) mass is 611 g/mol. The first-order chi connectivity index (χ1) is 21.3. The fraction of sp³-hybridized carbons (Fsp3) is 0.543. The lowest BCUT2D eigenvalue weighted by Crippen LogP contribution is -2.46. The van der Waals surface area contributed by atoms with Gasteiger partial charge in [0, 0.05) is 47.1 Å². The van der Waals surface area contributed by atoms with Crippen molar-refractivity contribution in [1.29, 1.82) is 0 Å². The molecule has 0 radical (unpaired) electrons. The second-order valence-electron chi connectivity index (χ2n) is 15.0. The van der Waals surface area contributed by atoms with E-state index in [1.54, 1.807) is 7.11 Å². The molecule has 4 aromatic rings. The summed E-state index contributed by atoms with van der Waals surface area (Å²) in [5.41, 5.74) is 10.9. The van der Waals surface area contributed by atoms with Gasteiger partial charge in [-0.25, -0.2) is 9.97 Å². The van der Waals surface area contributed by atoms with E-state index in [0.717, 1.165) is 59.6 Å². The number of carbonyl (C=O) groups is 2. The first-order valence-electron chi connectivity index (χ1n) is 16.3. The molecular formula is C35H45N7O3. The van der Waals surface area contributed by atoms with Crippen molar-refractivity contribution in [3.8, 4) is 17.3 Å². The van der Waals surface area contributed by atoms with Gasteiger partial charge in [0.1, 0.15) is 17.0 Å². The standard InChI is InChI=1S/C35H45N7O3/c1-19-30(38-28-15-22(16-29(45-7)41(19)28)32(43)42-23-11-12-25(42)24(36)17-23)26-14-21-10-13-27(35(5,6)39-33(44)34(2,3)4)37-31(21)40(26)18-20-8-9-20/h10,13-16,20,23-25H,8-9,11-12,17-18,36H2,1-7H3,(H,39,44)/t23-,24+,25+/m0/s1. The zero-order valence-corrected chi connectivity index (χ0v) is 27.5. The van der Waals surface area contributed by atoms with Crippen LogP contribution in [0.15, 0.2) is 30.3 Å². The number of hydrogen-bond donors (Lipinski definition) is 2. The van der Waals surface area contributed by atoms with E-state index >= 15 is 0 Å². The van der Waals surface area contributed by atoms with E-state index in [0.29, 0.717) is 23.0 Å². The maximum absolute atomic E-state index is 13.8. The highest BCUT2D eigenvalue weighted by Crippen LogP contribution is 2.40. The number of aromatic nitrogens is 4. The van der Waals surface area contributed by atoms with Gasteiger partial charge in [0.05, 0.1) is 29.7 Å². The second kappa shape index (κ2) is 10.3. The van der Waals surface area contributed by atoms with Crippen LogP contribution in [0.3, 0.4) is 0 Å². The molecule has 1 aliphatic carbocycles. The Hall–Kier alpha value is -3.92. The molecule has 3 N–H and O–H groups in total. The fourth-order valence-corrected chi connectivity index (χ4v) is 7.24. The molecule has 0 aromatic carbocycles. The summed E-state index contributed by atoms with van der Waals surface area (Å²) < 4.78 is 10.1. The van der Waals surface area contributed by atoms with Crippen LogP contribution in [0.5, 0.6) is 5.88 Å². The fourth-order valence-electron chi connectivity index (χ4n) is 7.24. The van der Waals surface area contributed by atoms with Crippen LogP contribution < -0.4 is 15.8 Å². The molecule has 0 spiro atoms. The number of carbonyl (C=O) groups excluding carboxylic acids is 2. The molecule has 2 amide bonds. The number of methoxy groups -OCH3 is 1. The van der Waals surface area contributed by atoms with E-state index in [2.05, 4.69) is 22.0 Å². The Kier molecular flexibility index (Phi) is 6.82. The Balaban J connectivity index is 1.31. The van der Waals surface area contributed by atoms with E-state index in [9.17, 15) is 9.59 Å². The summed E-state index contributed by atoms with van der Waals surface area (Å²) in [5.74, 6) is 1.15. The van der Waals surface area contributed by atoms with Crippen molar-refractivity contribution in [2.24, 2.45) is 17.1 Å². The second-order valence-corrected chi connectivity index (χ2v) is 15.0. The van der Waals surface area contributed by atoms with Gasteiger partial charge in [-0.2, -0.15) is 0 Å². The summed E-state index contributed by atoms with van der Waals surface area (Å²) in [6.45, 7) is 12.6. The zero-order chi connectivity index (χ0) is 32.0. The summed E-state index contributed by atoms with van der Waals surface area (Å²) in [6, 6.07) is 10.3. The minimum Gasteiger partial charge on any atom is -0.482 e. The van der Waals surface area contributed by atoms with Crippen molar-refractivity contribution in [3.63, 3.8) is 0 Å². The summed E-state index contributed by atoms with van der Waals surface area (Å²) in [6.07, 6.45) is 5.22. The summed E-state index contributed by atoms with van der Waals surface area (Å²) in [7, 11) is 1.63. The van der Waals surface area contributed by atoms with Crippen LogP contribution in [-0.2, 0) is 16.9 Å². The number of imidazole rings is 1. The maximum atomic E-state index is 13.8. The average Bonchev–Trinajstić information content (AvgIpc) is 3.30. The van der Waals surface area contributed by atoms with Crippen LogP contribution in [0, 0.1) is 18.3 Å². The van der Waals surface area contributed by atoms with Gasteiger partial charge in [-0.1, -0.05) is 20.8 Å². The molecule has 45 heavy (non-hydrogen) atoms. The number of nitrogens with two attached hydrogens (primary N) is 1. The minimum atomic E-state index is -0.651. The average molecular weight is 612 g/mol. The Morgan fingerprint density at radius 3 is 2.42 bits per heavy atom. The Bertz CT molecular complexity index is 1840. The quantitative estimate of drug-likeness (QED) is 0.297. The zero-order valence-electron chi connectivity index (χ0n) is 27.5. The van der Waals surface area contributed by atoms with Crippen molar-refractivity contribution in [2.45, 2.75) is 104 Å². The van der Waals surface area contributed by atoms with Crippen LogP contribution in [0.1, 0.15) is 88.5 Å². The summed E-state index contributed by atoms with van der Waals surface area (Å²) in [5, 5.41) is 4.22. The summed E-state index contributed by atoms with van der Waals surface area (Å²) in [4.78, 5) is 39.0. The minimum absolute atomic E-state index is 0.000745. The highest BCUT2D eigenvalue weighted by Gasteiger charge is 2.47. The van der Waals surface area contributed by atoms with Gasteiger partial charge in [0.15, 0.2) is 5.88 Å². The number of nitrogens with one attached hydrogen (secondary N) is 1. The van der Waals surface area contributed by atoms with Gasteiger partial charge in [-0.15, -0.1) is 0 Å². The Labute approximate surface area is 264 Å². The smallest absolute Gasteiger partial charge is 0.254 e. The van der Waals surface area contributed by atoms with Crippen LogP contribution in [0.25, 0.3) is 28.1 Å². The first kappa shape index (κ1) is 29.8. The lowest BCUT2D eigenvalue weighted by molar-refractivity contribution is -0.130. The van der Waals surface area contributed by atoms with Crippen molar-refractivity contribution in [3.05, 3.63) is 47.3 Å². The molecule has 238 valence electrons. The lowest BCUT2D eigenvalue weighted by atomic mass is 9.92. The molecule has 2 saturated heterocycles. The number of rotatable bonds is 7. The summed E-state index contributed by atoms with van der Waals surface area (Å²) >= 11 is 0. The van der Waals surface area contributed by atoms with Gasteiger partial charge in [0.2, 0.25) is 5.91 Å². The molecule has 3 fully saturated rings. The predicted octanol–water partition coefficient (Wildman–Crippen LogP) is 5.18. The van der Waals surface area contributed by atoms with E-state index in [1.807, 2.05) is 69.0 Å². The van der Waals surface area contributed by atoms with Gasteiger partial charge in [-0.05, 0) is 83.1 Å². The van der Waals surface area contributed by atoms with Crippen LogP contribution in [0.4, 0.5) is 0 Å². The van der Waals surface area contributed by atoms with Crippen molar-refractivity contribution in [1.82, 2.24) is 29.2 Å². The van der Waals surface area contributed by atoms with Crippen LogP contribution in [0.2, 0.25) is 0 Å². The highest BCUT2D eigenvalue weighted by atomic mass is 16.5. The van der Waals surface area contributed by atoms with Gasteiger partial charge in [-0.3, -0.25) is 14.0 Å². The molecule has 10 heteroatoms. The lowest BCUT2D eigenvalue weighted by Gasteiger charge is -2.30. The Morgan fingerprint density at radius 2 is 1.80 bits per heavy atom. The SMILES string of the molecule is COc1cc(C(=O)N2[C@H]3CC[C@@H]2[C@H](N)C3)cc2nc(-c3cc4ccc(C(C)(C)NC(=O)C(C)(C)C)nc4n3CC3CC3)c(C)n12. The number of amides is 2. The number of nitrogens with zero attached hydrogens (tertiary/aromatic N) is 5. The number of pyridine rings is 2. The van der Waals surface area contributed by atoms with E-state index in [4.69, 9.17) is 20.4 Å². The van der Waals surface area contributed by atoms with Crippen LogP contribution >= 0.6 is 0 Å². The topological polar surface area (TPSA) is 120 Å². The third kappa shape index (κ3) is 4.98.